The summed E-state index contributed by atoms with van der Waals surface area (Å²) < 4.78 is 5.71. The zero-order valence-corrected chi connectivity index (χ0v) is 17.8. The van der Waals surface area contributed by atoms with Gasteiger partial charge in [-0.25, -0.2) is 0 Å². The van der Waals surface area contributed by atoms with E-state index in [-0.39, 0.29) is 29.9 Å². The van der Waals surface area contributed by atoms with Gasteiger partial charge in [-0.15, -0.1) is 0 Å². The van der Waals surface area contributed by atoms with Gasteiger partial charge in [-0.3, -0.25) is 9.59 Å². The summed E-state index contributed by atoms with van der Waals surface area (Å²) in [4.78, 5) is 29.3. The highest BCUT2D eigenvalue weighted by molar-refractivity contribution is 6.02. The number of carbonyl (C=O) groups is 2. The summed E-state index contributed by atoms with van der Waals surface area (Å²) in [5.74, 6) is -0.164. The minimum absolute atomic E-state index is 0.0515. The summed E-state index contributed by atoms with van der Waals surface area (Å²) in [5.41, 5.74) is 1.18. The summed E-state index contributed by atoms with van der Waals surface area (Å²) in [7, 11) is 0. The van der Waals surface area contributed by atoms with Gasteiger partial charge in [0.1, 0.15) is 0 Å². The Morgan fingerprint density at radius 3 is 2.69 bits per heavy atom. The van der Waals surface area contributed by atoms with E-state index in [0.29, 0.717) is 12.1 Å². The first-order chi connectivity index (χ1) is 14.1. The molecule has 158 valence electrons. The number of hydrogen-bond acceptors (Lipinski definition) is 3. The van der Waals surface area contributed by atoms with E-state index < -0.39 is 5.54 Å². The van der Waals surface area contributed by atoms with Crippen LogP contribution in [0, 0.1) is 0 Å². The van der Waals surface area contributed by atoms with Gasteiger partial charge in [0.25, 0.3) is 5.91 Å². The Kier molecular flexibility index (Phi) is 5.95. The van der Waals surface area contributed by atoms with Crippen molar-refractivity contribution in [1.29, 1.82) is 0 Å². The van der Waals surface area contributed by atoms with E-state index in [1.54, 1.807) is 0 Å². The lowest BCUT2D eigenvalue weighted by Gasteiger charge is -2.55. The highest BCUT2D eigenvalue weighted by atomic mass is 16.5. The Morgan fingerprint density at radius 1 is 1.24 bits per heavy atom. The van der Waals surface area contributed by atoms with E-state index in [2.05, 4.69) is 24.1 Å². The third kappa shape index (κ3) is 3.58. The maximum Gasteiger partial charge on any atom is 0.254 e. The fourth-order valence-electron chi connectivity index (χ4n) is 5.73. The van der Waals surface area contributed by atoms with Crippen LogP contribution in [0.2, 0.25) is 0 Å². The van der Waals surface area contributed by atoms with Crippen molar-refractivity contribution in [2.45, 2.75) is 88.8 Å². The predicted octanol–water partition coefficient (Wildman–Crippen LogP) is 4.02. The van der Waals surface area contributed by atoms with Gasteiger partial charge in [0, 0.05) is 24.8 Å². The van der Waals surface area contributed by atoms with Crippen LogP contribution in [0.5, 0.6) is 0 Å². The highest BCUT2D eigenvalue weighted by Crippen LogP contribution is 2.50. The quantitative estimate of drug-likeness (QED) is 0.815. The normalized spacial score (nSPS) is 27.0. The number of fused-ring (bicyclic) bond motifs is 1. The summed E-state index contributed by atoms with van der Waals surface area (Å²) in [6.45, 7) is 5.60. The molecular weight excluding hydrogens is 364 g/mol. The van der Waals surface area contributed by atoms with E-state index >= 15 is 0 Å². The van der Waals surface area contributed by atoms with Gasteiger partial charge in [0.2, 0.25) is 5.91 Å². The van der Waals surface area contributed by atoms with Gasteiger partial charge in [-0.05, 0) is 50.7 Å². The molecule has 4 rings (SSSR count). The zero-order chi connectivity index (χ0) is 20.4. The molecule has 5 nitrogen and oxygen atoms in total. The van der Waals surface area contributed by atoms with Crippen LogP contribution in [0.1, 0.15) is 87.1 Å². The smallest absolute Gasteiger partial charge is 0.254 e. The van der Waals surface area contributed by atoms with Crippen LogP contribution in [0.4, 0.5) is 0 Å². The third-order valence-electron chi connectivity index (χ3n) is 7.28. The van der Waals surface area contributed by atoms with Gasteiger partial charge >= 0.3 is 0 Å². The van der Waals surface area contributed by atoms with Crippen molar-refractivity contribution in [3.05, 3.63) is 35.4 Å². The molecule has 1 N–H and O–H groups in total. The fourth-order valence-corrected chi connectivity index (χ4v) is 5.73. The highest BCUT2D eigenvalue weighted by Gasteiger charge is 2.55. The van der Waals surface area contributed by atoms with Crippen LogP contribution in [-0.2, 0) is 9.53 Å². The summed E-state index contributed by atoms with van der Waals surface area (Å²) in [6.07, 6.45) is 8.18. The lowest BCUT2D eigenvalue weighted by atomic mass is 9.64. The molecule has 3 aliphatic rings. The Morgan fingerprint density at radius 2 is 2.00 bits per heavy atom. The molecule has 0 aromatic heterocycles. The number of rotatable bonds is 5. The molecule has 1 spiro atoms. The number of ether oxygens (including phenoxy) is 1. The molecule has 2 heterocycles. The SMILES string of the molecule is CCC(C)N1C(=O)c2ccccc2C(C(=O)NCC2CCCO2)C12CCCCC2. The monoisotopic (exact) mass is 398 g/mol. The Balaban J connectivity index is 1.74. The van der Waals surface area contributed by atoms with Crippen LogP contribution in [0.15, 0.2) is 24.3 Å². The minimum atomic E-state index is -0.417. The second-order valence-electron chi connectivity index (χ2n) is 9.00. The molecule has 3 unspecified atom stereocenters. The van der Waals surface area contributed by atoms with Gasteiger partial charge in [-0.2, -0.15) is 0 Å². The first-order valence-electron chi connectivity index (χ1n) is 11.4. The molecule has 2 fully saturated rings. The van der Waals surface area contributed by atoms with Crippen LogP contribution >= 0.6 is 0 Å². The maximum atomic E-state index is 13.6. The van der Waals surface area contributed by atoms with E-state index in [9.17, 15) is 9.59 Å². The molecule has 1 aliphatic carbocycles. The van der Waals surface area contributed by atoms with Crippen LogP contribution in [-0.4, -0.2) is 47.6 Å². The number of carbonyl (C=O) groups excluding carboxylic acids is 2. The summed E-state index contributed by atoms with van der Waals surface area (Å²) in [6, 6.07) is 7.87. The zero-order valence-electron chi connectivity index (χ0n) is 17.8. The molecule has 2 amide bonds. The topological polar surface area (TPSA) is 58.6 Å². The number of benzene rings is 1. The van der Waals surface area contributed by atoms with Crippen molar-refractivity contribution < 1.29 is 14.3 Å². The van der Waals surface area contributed by atoms with Crippen LogP contribution < -0.4 is 5.32 Å². The van der Waals surface area contributed by atoms with Crippen LogP contribution in [0.25, 0.3) is 0 Å². The number of amides is 2. The van der Waals surface area contributed by atoms with Crippen molar-refractivity contribution in [1.82, 2.24) is 10.2 Å². The fraction of sp³-hybridized carbons (Fsp3) is 0.667. The van der Waals surface area contributed by atoms with Gasteiger partial charge in [-0.1, -0.05) is 44.4 Å². The standard InChI is InChI=1S/C24H34N2O3/c1-3-17(2)26-23(28)20-12-6-5-11-19(20)21(24(26)13-7-4-8-14-24)22(27)25-16-18-10-9-15-29-18/h5-6,11-12,17-18,21H,3-4,7-10,13-16H2,1-2H3,(H,25,27). The summed E-state index contributed by atoms with van der Waals surface area (Å²) >= 11 is 0. The average molecular weight is 399 g/mol. The molecule has 29 heavy (non-hydrogen) atoms. The molecule has 1 saturated heterocycles. The number of nitrogens with one attached hydrogen (secondary N) is 1. The second-order valence-corrected chi connectivity index (χ2v) is 9.00. The first-order valence-corrected chi connectivity index (χ1v) is 11.4. The lowest BCUT2D eigenvalue weighted by molar-refractivity contribution is -0.128. The van der Waals surface area contributed by atoms with E-state index in [1.165, 1.54) is 6.42 Å². The first kappa shape index (κ1) is 20.4. The van der Waals surface area contributed by atoms with Crippen LogP contribution in [0.3, 0.4) is 0 Å². The molecule has 2 aliphatic heterocycles. The molecule has 5 heteroatoms. The molecule has 1 aromatic carbocycles. The Hall–Kier alpha value is -1.88. The van der Waals surface area contributed by atoms with E-state index in [4.69, 9.17) is 4.74 Å². The molecule has 1 aromatic rings. The molecule has 0 bridgehead atoms. The molecule has 1 saturated carbocycles. The number of hydrogen-bond donors (Lipinski definition) is 1. The maximum absolute atomic E-state index is 13.6. The van der Waals surface area contributed by atoms with Crippen molar-refractivity contribution in [3.8, 4) is 0 Å². The lowest BCUT2D eigenvalue weighted by Crippen LogP contribution is -2.65. The molecular formula is C24H34N2O3. The Labute approximate surface area is 174 Å². The van der Waals surface area contributed by atoms with E-state index in [1.807, 2.05) is 24.3 Å². The van der Waals surface area contributed by atoms with Crippen molar-refractivity contribution >= 4 is 11.8 Å². The Bertz CT molecular complexity index is 750. The van der Waals surface area contributed by atoms with Gasteiger partial charge in [0.05, 0.1) is 17.6 Å². The van der Waals surface area contributed by atoms with Crippen molar-refractivity contribution in [2.24, 2.45) is 0 Å². The minimum Gasteiger partial charge on any atom is -0.376 e. The second kappa shape index (κ2) is 8.47. The molecule has 3 atom stereocenters. The van der Waals surface area contributed by atoms with Gasteiger partial charge in [0.15, 0.2) is 0 Å². The average Bonchev–Trinajstić information content (AvgIpc) is 3.26. The predicted molar refractivity (Wildman–Crippen MR) is 113 cm³/mol. The van der Waals surface area contributed by atoms with E-state index in [0.717, 1.165) is 57.1 Å². The van der Waals surface area contributed by atoms with Gasteiger partial charge < -0.3 is 15.0 Å². The van der Waals surface area contributed by atoms with Crippen molar-refractivity contribution in [2.75, 3.05) is 13.2 Å². The number of nitrogens with zero attached hydrogens (tertiary/aromatic N) is 1. The van der Waals surface area contributed by atoms with Crippen molar-refractivity contribution in [3.63, 3.8) is 0 Å². The third-order valence-corrected chi connectivity index (χ3v) is 7.28. The molecule has 0 radical (unpaired) electrons. The summed E-state index contributed by atoms with van der Waals surface area (Å²) in [5, 5.41) is 3.20. The largest absolute Gasteiger partial charge is 0.376 e.